The van der Waals surface area contributed by atoms with Crippen molar-refractivity contribution in [3.63, 3.8) is 0 Å². The number of oxazole rings is 2. The summed E-state index contributed by atoms with van der Waals surface area (Å²) < 4.78 is 309. The molecule has 8 aliphatic heterocycles. The van der Waals surface area contributed by atoms with E-state index in [1.165, 1.54) is 98.5 Å². The number of carbonyl (C=O) groups excluding carboxylic acids is 4. The highest BCUT2D eigenvalue weighted by molar-refractivity contribution is 7.92. The maximum Gasteiger partial charge on any atom is 0.471 e. The zero-order chi connectivity index (χ0) is 91.5. The van der Waals surface area contributed by atoms with Gasteiger partial charge in [-0.3, -0.25) is 19.2 Å². The largest absolute Gasteiger partial charge is 0.471 e. The van der Waals surface area contributed by atoms with E-state index in [1.807, 2.05) is 0 Å². The van der Waals surface area contributed by atoms with Crippen LogP contribution in [0.1, 0.15) is 127 Å². The van der Waals surface area contributed by atoms with E-state index in [2.05, 4.69) is 39.3 Å². The van der Waals surface area contributed by atoms with E-state index in [0.29, 0.717) is 29.2 Å². The molecule has 8 fully saturated rings. The molecular weight excluding hydrogens is 1800 g/mol. The third kappa shape index (κ3) is 23.3. The van der Waals surface area contributed by atoms with E-state index in [-0.39, 0.29) is 229 Å². The lowest BCUT2D eigenvalue weighted by Crippen LogP contribution is -2.53. The lowest BCUT2D eigenvalue weighted by atomic mass is 9.96. The van der Waals surface area contributed by atoms with Gasteiger partial charge in [0.05, 0.1) is 70.2 Å². The van der Waals surface area contributed by atoms with E-state index in [9.17, 15) is 119 Å². The quantitative estimate of drug-likeness (QED) is 0.0968. The van der Waals surface area contributed by atoms with Gasteiger partial charge < -0.3 is 57.1 Å². The van der Waals surface area contributed by atoms with Crippen molar-refractivity contribution in [1.29, 1.82) is 0 Å². The highest BCUT2D eigenvalue weighted by Crippen LogP contribution is 2.41. The molecule has 0 radical (unpaired) electrons. The molecule has 127 heavy (non-hydrogen) atoms. The Morgan fingerprint density at radius 2 is 0.661 bits per heavy atom. The van der Waals surface area contributed by atoms with Gasteiger partial charge in [0, 0.05) is 108 Å². The standard InChI is InChI=1S/2C20H21F4N3O4S.C19H20F4N4O4S.C19H21F3N4O4S/c21-15-3-1-13(2-4-15)16-11-26(19-25-17(12-31-19)20(22,23)24)7-8-27(16)18(28)14-5-9-32(29,30)10-6-14;21-15-4-2-1-3-14(15)16-11-26(19-25-17(12-31-19)20(22,23)24)7-8-27(16)18(28)13-5-9-32(29,30)10-6-13;20-14-3-1-12(2-4-14)15-11-26(18-24-17(31-25-18)19(21,22)23)7-8-27(15)16(28)13-5-9-32(29,30)10-6-13;20-14-3-1-12(2-4-14)15-11-25(19-23-17(16(21)22)30-24-19)7-8-26(15)18(27)13-5-9-31(28,29)10-6-13/h1-4,12,14,16H,5-11H2;1-4,12-13,16H,5-11H2;1-4,13,15H,5-11H2;1-4,13,15-16H,5-11H2. The molecular formula is C78H83F15N14O16S4. The van der Waals surface area contributed by atoms with E-state index in [4.69, 9.17) is 8.83 Å². The lowest BCUT2D eigenvalue weighted by Gasteiger charge is -2.43. The molecule has 0 spiro atoms. The molecule has 12 heterocycles. The number of amides is 4. The number of halogens is 15. The van der Waals surface area contributed by atoms with Gasteiger partial charge in [-0.15, -0.1) is 0 Å². The maximum absolute atomic E-state index is 14.6. The van der Waals surface area contributed by atoms with Crippen molar-refractivity contribution in [2.24, 2.45) is 23.7 Å². The summed E-state index contributed by atoms with van der Waals surface area (Å²) in [6.07, 6.45) is -14.1. The number of aromatic nitrogens is 6. The zero-order valence-electron chi connectivity index (χ0n) is 67.0. The summed E-state index contributed by atoms with van der Waals surface area (Å²) in [6.45, 7) is 1.80. The fraction of sp³-hybridized carbons (Fsp3) is 0.513. The maximum atomic E-state index is 14.6. The highest BCUT2D eigenvalue weighted by Gasteiger charge is 2.47. The number of anilines is 4. The van der Waals surface area contributed by atoms with Gasteiger partial charge in [0.15, 0.2) is 11.4 Å². The van der Waals surface area contributed by atoms with Crippen LogP contribution in [-0.4, -0.2) is 232 Å². The molecule has 8 aliphatic rings. The van der Waals surface area contributed by atoms with Gasteiger partial charge in [-0.2, -0.15) is 68.2 Å². The highest BCUT2D eigenvalue weighted by atomic mass is 32.2. The van der Waals surface area contributed by atoms with Crippen LogP contribution in [0, 0.1) is 46.9 Å². The van der Waals surface area contributed by atoms with Crippen LogP contribution in [0.15, 0.2) is 127 Å². The number of benzene rings is 4. The fourth-order valence-corrected chi connectivity index (χ4v) is 22.3. The second kappa shape index (κ2) is 38.4. The minimum Gasteiger partial charge on any atom is -0.431 e. The van der Waals surface area contributed by atoms with Crippen LogP contribution in [0.5, 0.6) is 0 Å². The van der Waals surface area contributed by atoms with Crippen molar-refractivity contribution in [2.45, 2.75) is 100 Å². The molecule has 4 unspecified atom stereocenters. The topological polar surface area (TPSA) is 361 Å². The second-order valence-electron chi connectivity index (χ2n) is 31.5. The van der Waals surface area contributed by atoms with Gasteiger partial charge >= 0.3 is 30.8 Å². The number of hydrogen-bond acceptors (Lipinski definition) is 26. The molecule has 4 aromatic heterocycles. The summed E-state index contributed by atoms with van der Waals surface area (Å²) in [5, 5.41) is 7.02. The molecule has 8 saturated heterocycles. The van der Waals surface area contributed by atoms with Crippen LogP contribution in [-0.2, 0) is 77.1 Å². The number of rotatable bonds is 13. The SMILES string of the molecule is O=C(C1CCS(=O)(=O)CC1)N1CCN(c2nc(C(F)(F)F)co2)CC1c1ccc(F)cc1.O=C(C1CCS(=O)(=O)CC1)N1CCN(c2nc(C(F)(F)F)co2)CC1c1ccccc1F.O=C(C1CCS(=O)(=O)CC1)N1CCN(c2noc(C(F)(F)F)n2)CC1c1ccc(F)cc1.O=C(C1CCS(=O)(=O)CC1)N1CCN(c2noc(C(F)F)n2)CC1c1ccc(F)cc1. The molecule has 16 rings (SSSR count). The number of piperazine rings is 4. The van der Waals surface area contributed by atoms with Crippen LogP contribution in [0.4, 0.5) is 89.8 Å². The zero-order valence-corrected chi connectivity index (χ0v) is 70.2. The monoisotopic (exact) mass is 1880 g/mol. The van der Waals surface area contributed by atoms with Crippen molar-refractivity contribution >= 4 is 86.9 Å². The lowest BCUT2D eigenvalue weighted by molar-refractivity contribution is -0.159. The summed E-state index contributed by atoms with van der Waals surface area (Å²) in [5.74, 6) is -7.54. The van der Waals surface area contributed by atoms with Crippen LogP contribution in [0.25, 0.3) is 0 Å². The van der Waals surface area contributed by atoms with Crippen molar-refractivity contribution in [1.82, 2.24) is 49.8 Å². The number of nitrogens with zero attached hydrogens (tertiary/aromatic N) is 14. The van der Waals surface area contributed by atoms with Crippen LogP contribution >= 0.6 is 0 Å². The molecule has 4 atom stereocenters. The number of sulfone groups is 4. The summed E-state index contributed by atoms with van der Waals surface area (Å²) in [5.41, 5.74) is -0.232. The third-order valence-electron chi connectivity index (χ3n) is 23.2. The van der Waals surface area contributed by atoms with Crippen molar-refractivity contribution in [2.75, 3.05) is 144 Å². The Bertz CT molecular complexity index is 5470. The van der Waals surface area contributed by atoms with E-state index < -0.39 is 159 Å². The normalized spacial score (nSPS) is 22.2. The molecule has 0 aliphatic carbocycles. The predicted molar refractivity (Wildman–Crippen MR) is 419 cm³/mol. The first-order valence-corrected chi connectivity index (χ1v) is 47.3. The second-order valence-corrected chi connectivity index (χ2v) is 40.7. The van der Waals surface area contributed by atoms with Crippen molar-refractivity contribution < 1.29 is 137 Å². The van der Waals surface area contributed by atoms with Crippen LogP contribution < -0.4 is 19.6 Å². The number of carbonyl (C=O) groups is 4. The Kier molecular flexibility index (Phi) is 28.4. The molecule has 8 aromatic rings. The first-order valence-electron chi connectivity index (χ1n) is 40.0. The van der Waals surface area contributed by atoms with Crippen LogP contribution in [0.3, 0.4) is 0 Å². The van der Waals surface area contributed by atoms with E-state index in [0.717, 1.165) is 0 Å². The molecule has 30 nitrogen and oxygen atoms in total. The van der Waals surface area contributed by atoms with Gasteiger partial charge in [-0.25, -0.2) is 51.2 Å². The molecule has 4 amide bonds. The third-order valence-corrected chi connectivity index (χ3v) is 30.1. The summed E-state index contributed by atoms with van der Waals surface area (Å²) >= 11 is 0. The first-order chi connectivity index (χ1) is 59.8. The smallest absolute Gasteiger partial charge is 0.431 e. The Morgan fingerprint density at radius 1 is 0.362 bits per heavy atom. The molecule has 0 N–H and O–H groups in total. The average molecular weight is 1890 g/mol. The Balaban J connectivity index is 0.000000145. The number of hydrogen-bond donors (Lipinski definition) is 0. The summed E-state index contributed by atoms with van der Waals surface area (Å²) in [6, 6.07) is 19.6. The Labute approximate surface area is 716 Å². The minimum atomic E-state index is -4.78. The Morgan fingerprint density at radius 3 is 0.961 bits per heavy atom. The van der Waals surface area contributed by atoms with Crippen molar-refractivity contribution in [3.05, 3.63) is 178 Å². The molecule has 49 heteroatoms. The van der Waals surface area contributed by atoms with Crippen molar-refractivity contribution in [3.8, 4) is 0 Å². The number of alkyl halides is 11. The van der Waals surface area contributed by atoms with Gasteiger partial charge in [0.2, 0.25) is 23.6 Å². The van der Waals surface area contributed by atoms with Crippen LogP contribution in [0.2, 0.25) is 0 Å². The molecule has 0 saturated carbocycles. The van der Waals surface area contributed by atoms with E-state index >= 15 is 0 Å². The Hall–Kier alpha value is -10.6. The summed E-state index contributed by atoms with van der Waals surface area (Å²) in [7, 11) is -12.5. The first kappa shape index (κ1) is 94.0. The predicted octanol–water partition coefficient (Wildman–Crippen LogP) is 10.9. The summed E-state index contributed by atoms with van der Waals surface area (Å²) in [4.78, 5) is 79.5. The van der Waals surface area contributed by atoms with Gasteiger partial charge in [-0.05, 0) is 121 Å². The van der Waals surface area contributed by atoms with Gasteiger partial charge in [-0.1, -0.05) is 54.6 Å². The molecule has 690 valence electrons. The fourth-order valence-electron chi connectivity index (χ4n) is 16.3. The molecule has 4 aromatic carbocycles. The minimum absolute atomic E-state index is 0.00160. The molecule has 0 bridgehead atoms. The van der Waals surface area contributed by atoms with E-state index in [1.54, 1.807) is 37.8 Å². The van der Waals surface area contributed by atoms with Gasteiger partial charge in [0.25, 0.3) is 29.8 Å². The average Bonchev–Trinajstić information content (AvgIpc) is 1.77. The van der Waals surface area contributed by atoms with Gasteiger partial charge in [0.1, 0.15) is 75.1 Å².